The van der Waals surface area contributed by atoms with Crippen LogP contribution in [0.4, 0.5) is 6.01 Å². The summed E-state index contributed by atoms with van der Waals surface area (Å²) < 4.78 is 17.0. The van der Waals surface area contributed by atoms with Crippen molar-refractivity contribution < 1.29 is 18.4 Å². The van der Waals surface area contributed by atoms with E-state index in [0.29, 0.717) is 23.7 Å². The van der Waals surface area contributed by atoms with Crippen LogP contribution in [-0.2, 0) is 11.2 Å². The molecule has 0 atom stereocenters. The summed E-state index contributed by atoms with van der Waals surface area (Å²) in [7, 11) is 0. The van der Waals surface area contributed by atoms with E-state index in [-0.39, 0.29) is 24.2 Å². The summed E-state index contributed by atoms with van der Waals surface area (Å²) in [6.07, 6.45) is 0.223. The highest BCUT2D eigenvalue weighted by atomic mass is 16.5. The van der Waals surface area contributed by atoms with E-state index in [0.717, 1.165) is 16.5 Å². The first kappa shape index (κ1) is 18.7. The van der Waals surface area contributed by atoms with E-state index in [1.807, 2.05) is 57.2 Å². The third-order valence-corrected chi connectivity index (χ3v) is 4.63. The molecule has 0 unspecified atom stereocenters. The summed E-state index contributed by atoms with van der Waals surface area (Å²) in [4.78, 5) is 12.3. The minimum Gasteiger partial charge on any atom is -0.490 e. The molecule has 2 aromatic carbocycles. The number of carbonyl (C=O) groups is 1. The van der Waals surface area contributed by atoms with Gasteiger partial charge < -0.3 is 13.6 Å². The number of anilines is 1. The van der Waals surface area contributed by atoms with Gasteiger partial charge >= 0.3 is 6.01 Å². The number of amides is 1. The molecule has 2 heterocycles. The number of fused-ring (bicyclic) bond motifs is 1. The molecular weight excluding hydrogens is 370 g/mol. The number of hydrogen-bond acceptors (Lipinski definition) is 6. The minimum absolute atomic E-state index is 0.0271. The molecule has 7 nitrogen and oxygen atoms in total. The second-order valence-electron chi connectivity index (χ2n) is 6.77. The lowest BCUT2D eigenvalue weighted by Gasteiger charge is -2.04. The molecule has 0 saturated heterocycles. The zero-order chi connectivity index (χ0) is 20.4. The maximum atomic E-state index is 12.3. The summed E-state index contributed by atoms with van der Waals surface area (Å²) in [5, 5.41) is 11.4. The molecule has 29 heavy (non-hydrogen) atoms. The standard InChI is InChI=1S/C22H21N3O4/c1-4-27-17-7-5-6-16-12-18(28-20(16)17)21-24-25-22(29-21)23-19(26)11-15-9-8-13(2)14(3)10-15/h5-10,12H,4,11H2,1-3H3,(H,23,25,26). The molecule has 0 bridgehead atoms. The normalized spacial score (nSPS) is 11.0. The van der Waals surface area contributed by atoms with E-state index >= 15 is 0 Å². The molecule has 0 aliphatic rings. The first-order chi connectivity index (χ1) is 14.0. The molecule has 0 fully saturated rings. The van der Waals surface area contributed by atoms with Gasteiger partial charge in [-0.1, -0.05) is 35.4 Å². The van der Waals surface area contributed by atoms with E-state index in [1.54, 1.807) is 6.07 Å². The average molecular weight is 391 g/mol. The van der Waals surface area contributed by atoms with Crippen LogP contribution in [0.15, 0.2) is 51.3 Å². The topological polar surface area (TPSA) is 90.4 Å². The molecule has 0 aliphatic heterocycles. The van der Waals surface area contributed by atoms with Gasteiger partial charge in [0.1, 0.15) is 0 Å². The first-order valence-electron chi connectivity index (χ1n) is 9.38. The molecule has 0 spiro atoms. The van der Waals surface area contributed by atoms with E-state index in [1.165, 1.54) is 5.56 Å². The first-order valence-corrected chi connectivity index (χ1v) is 9.38. The molecule has 0 radical (unpaired) electrons. The van der Waals surface area contributed by atoms with Gasteiger partial charge in [-0.15, -0.1) is 5.10 Å². The highest BCUT2D eigenvalue weighted by molar-refractivity contribution is 5.90. The van der Waals surface area contributed by atoms with Crippen LogP contribution in [-0.4, -0.2) is 22.7 Å². The fourth-order valence-electron chi connectivity index (χ4n) is 3.05. The lowest BCUT2D eigenvalue weighted by Crippen LogP contribution is -2.14. The zero-order valence-corrected chi connectivity index (χ0v) is 16.5. The molecule has 0 aliphatic carbocycles. The third kappa shape index (κ3) is 3.99. The van der Waals surface area contributed by atoms with E-state index in [9.17, 15) is 4.79 Å². The van der Waals surface area contributed by atoms with Crippen molar-refractivity contribution in [1.82, 2.24) is 10.2 Å². The number of rotatable bonds is 6. The van der Waals surface area contributed by atoms with Crippen LogP contribution < -0.4 is 10.1 Å². The Morgan fingerprint density at radius 1 is 1.07 bits per heavy atom. The monoisotopic (exact) mass is 391 g/mol. The molecule has 1 amide bonds. The van der Waals surface area contributed by atoms with Crippen molar-refractivity contribution >= 4 is 22.9 Å². The van der Waals surface area contributed by atoms with E-state index in [2.05, 4.69) is 15.5 Å². The lowest BCUT2D eigenvalue weighted by molar-refractivity contribution is -0.115. The van der Waals surface area contributed by atoms with Crippen molar-refractivity contribution in [2.75, 3.05) is 11.9 Å². The summed E-state index contributed by atoms with van der Waals surface area (Å²) in [6.45, 7) is 6.50. The van der Waals surface area contributed by atoms with Crippen LogP contribution in [0.25, 0.3) is 22.6 Å². The fourth-order valence-corrected chi connectivity index (χ4v) is 3.05. The number of aryl methyl sites for hydroxylation is 2. The number of furan rings is 1. The molecule has 7 heteroatoms. The van der Waals surface area contributed by atoms with Crippen molar-refractivity contribution in [2.24, 2.45) is 0 Å². The molecule has 4 rings (SSSR count). The van der Waals surface area contributed by atoms with Gasteiger partial charge in [-0.3, -0.25) is 10.1 Å². The van der Waals surface area contributed by atoms with Gasteiger partial charge in [-0.05, 0) is 49.6 Å². The molecule has 148 valence electrons. The number of aromatic nitrogens is 2. The Balaban J connectivity index is 1.49. The van der Waals surface area contributed by atoms with Gasteiger partial charge in [0.15, 0.2) is 17.1 Å². The Morgan fingerprint density at radius 2 is 1.93 bits per heavy atom. The van der Waals surface area contributed by atoms with Crippen molar-refractivity contribution in [2.45, 2.75) is 27.2 Å². The quantitative estimate of drug-likeness (QED) is 0.513. The maximum absolute atomic E-state index is 12.3. The molecule has 1 N–H and O–H groups in total. The van der Waals surface area contributed by atoms with Crippen molar-refractivity contribution in [1.29, 1.82) is 0 Å². The molecular formula is C22H21N3O4. The predicted octanol–water partition coefficient (Wildman–Crippen LogP) is 4.68. The zero-order valence-electron chi connectivity index (χ0n) is 16.5. The lowest BCUT2D eigenvalue weighted by atomic mass is 10.0. The van der Waals surface area contributed by atoms with Crippen LogP contribution in [0, 0.1) is 13.8 Å². The van der Waals surface area contributed by atoms with Gasteiger partial charge in [-0.2, -0.15) is 0 Å². The number of para-hydroxylation sites is 1. The predicted molar refractivity (Wildman–Crippen MR) is 109 cm³/mol. The van der Waals surface area contributed by atoms with E-state index in [4.69, 9.17) is 13.6 Å². The SMILES string of the molecule is CCOc1cccc2cc(-c3nnc(NC(=O)Cc4ccc(C)c(C)c4)o3)oc12. The maximum Gasteiger partial charge on any atom is 0.322 e. The van der Waals surface area contributed by atoms with Crippen LogP contribution in [0.5, 0.6) is 5.75 Å². The molecule has 4 aromatic rings. The highest BCUT2D eigenvalue weighted by Gasteiger charge is 2.17. The Hall–Kier alpha value is -3.61. The van der Waals surface area contributed by atoms with Crippen molar-refractivity contribution in [3.05, 3.63) is 59.2 Å². The average Bonchev–Trinajstić information content (AvgIpc) is 3.32. The number of nitrogens with zero attached hydrogens (tertiary/aromatic N) is 2. The summed E-state index contributed by atoms with van der Waals surface area (Å²) in [6, 6.07) is 13.4. The second-order valence-corrected chi connectivity index (χ2v) is 6.77. The number of hydrogen-bond donors (Lipinski definition) is 1. The van der Waals surface area contributed by atoms with Gasteiger partial charge in [-0.25, -0.2) is 0 Å². The van der Waals surface area contributed by atoms with Crippen LogP contribution in [0.1, 0.15) is 23.6 Å². The Kier molecular flexibility index (Phi) is 5.03. The van der Waals surface area contributed by atoms with Gasteiger partial charge in [0.05, 0.1) is 13.0 Å². The minimum atomic E-state index is -0.230. The molecule has 2 aromatic heterocycles. The smallest absolute Gasteiger partial charge is 0.322 e. The third-order valence-electron chi connectivity index (χ3n) is 4.63. The van der Waals surface area contributed by atoms with Crippen molar-refractivity contribution in [3.63, 3.8) is 0 Å². The van der Waals surface area contributed by atoms with Gasteiger partial charge in [0.25, 0.3) is 5.89 Å². The van der Waals surface area contributed by atoms with Crippen LogP contribution >= 0.6 is 0 Å². The number of benzene rings is 2. The van der Waals surface area contributed by atoms with Gasteiger partial charge in [0, 0.05) is 5.39 Å². The Morgan fingerprint density at radius 3 is 2.72 bits per heavy atom. The highest BCUT2D eigenvalue weighted by Crippen LogP contribution is 2.33. The van der Waals surface area contributed by atoms with Crippen molar-refractivity contribution in [3.8, 4) is 17.4 Å². The number of ether oxygens (including phenoxy) is 1. The van der Waals surface area contributed by atoms with Crippen LogP contribution in [0.3, 0.4) is 0 Å². The Labute approximate surface area is 167 Å². The Bertz CT molecular complexity index is 1180. The number of carbonyl (C=O) groups excluding carboxylic acids is 1. The molecule has 0 saturated carbocycles. The summed E-state index contributed by atoms with van der Waals surface area (Å²) >= 11 is 0. The summed E-state index contributed by atoms with van der Waals surface area (Å²) in [5.74, 6) is 1.02. The fraction of sp³-hybridized carbons (Fsp3) is 0.227. The van der Waals surface area contributed by atoms with E-state index < -0.39 is 0 Å². The van der Waals surface area contributed by atoms with Crippen LogP contribution in [0.2, 0.25) is 0 Å². The second kappa shape index (κ2) is 7.79. The number of nitrogens with one attached hydrogen (secondary N) is 1. The summed E-state index contributed by atoms with van der Waals surface area (Å²) in [5.41, 5.74) is 3.87. The van der Waals surface area contributed by atoms with Gasteiger partial charge in [0.2, 0.25) is 5.91 Å². The largest absolute Gasteiger partial charge is 0.490 e.